The lowest BCUT2D eigenvalue weighted by atomic mass is 9.97. The second kappa shape index (κ2) is 5.57. The van der Waals surface area contributed by atoms with Gasteiger partial charge in [0.1, 0.15) is 0 Å². The molecule has 0 aliphatic rings. The smallest absolute Gasteiger partial charge is 0.0937 e. The second-order valence-electron chi connectivity index (χ2n) is 4.51. The third kappa shape index (κ3) is 2.26. The van der Waals surface area contributed by atoms with Crippen LogP contribution in [0.15, 0.2) is 54.9 Å². The van der Waals surface area contributed by atoms with Gasteiger partial charge in [0.2, 0.25) is 0 Å². The fraction of sp³-hybridized carbons (Fsp3) is 0.125. The van der Waals surface area contributed by atoms with Gasteiger partial charge in [0.25, 0.3) is 0 Å². The second-order valence-corrected chi connectivity index (χ2v) is 4.92. The van der Waals surface area contributed by atoms with E-state index in [9.17, 15) is 0 Å². The average Bonchev–Trinajstić information content (AvgIpc) is 2.50. The monoisotopic (exact) mass is 283 g/mol. The molecule has 1 atom stereocenters. The summed E-state index contributed by atoms with van der Waals surface area (Å²) in [5.74, 6) is 0. The lowest BCUT2D eigenvalue weighted by Gasteiger charge is -2.19. The number of hydrogen-bond acceptors (Lipinski definition) is 3. The van der Waals surface area contributed by atoms with Crippen molar-refractivity contribution in [3.05, 3.63) is 71.0 Å². The molecule has 1 unspecified atom stereocenters. The predicted molar refractivity (Wildman–Crippen MR) is 81.9 cm³/mol. The van der Waals surface area contributed by atoms with Crippen LogP contribution in [0.5, 0.6) is 0 Å². The lowest BCUT2D eigenvalue weighted by Crippen LogP contribution is -2.18. The Morgan fingerprint density at radius 3 is 2.50 bits per heavy atom. The van der Waals surface area contributed by atoms with Gasteiger partial charge in [-0.05, 0) is 24.7 Å². The summed E-state index contributed by atoms with van der Waals surface area (Å²) < 4.78 is 0. The molecule has 1 aromatic heterocycles. The van der Waals surface area contributed by atoms with Gasteiger partial charge in [-0.15, -0.1) is 0 Å². The first-order valence-corrected chi connectivity index (χ1v) is 6.80. The molecule has 3 nitrogen and oxygen atoms in total. The Bertz CT molecular complexity index is 737. The van der Waals surface area contributed by atoms with Crippen LogP contribution in [-0.4, -0.2) is 17.0 Å². The van der Waals surface area contributed by atoms with Gasteiger partial charge in [-0.3, -0.25) is 9.97 Å². The van der Waals surface area contributed by atoms with Crippen LogP contribution >= 0.6 is 11.6 Å². The molecule has 0 spiro atoms. The van der Waals surface area contributed by atoms with Crippen molar-refractivity contribution >= 4 is 22.6 Å². The van der Waals surface area contributed by atoms with E-state index in [1.807, 2.05) is 43.4 Å². The summed E-state index contributed by atoms with van der Waals surface area (Å²) in [6.07, 6.45) is 3.42. The maximum Gasteiger partial charge on any atom is 0.0937 e. The van der Waals surface area contributed by atoms with Crippen LogP contribution in [0.4, 0.5) is 0 Å². The summed E-state index contributed by atoms with van der Waals surface area (Å²) in [6, 6.07) is 13.9. The molecule has 1 N–H and O–H groups in total. The van der Waals surface area contributed by atoms with Gasteiger partial charge in [-0.25, -0.2) is 0 Å². The number of nitrogens with zero attached hydrogens (tertiary/aromatic N) is 2. The fourth-order valence-electron chi connectivity index (χ4n) is 2.44. The number of fused-ring (bicyclic) bond motifs is 1. The van der Waals surface area contributed by atoms with Gasteiger partial charge >= 0.3 is 0 Å². The Hall–Kier alpha value is -1.97. The van der Waals surface area contributed by atoms with Crippen LogP contribution in [-0.2, 0) is 0 Å². The molecule has 0 saturated carbocycles. The molecular formula is C16H14ClN3. The van der Waals surface area contributed by atoms with Crippen LogP contribution in [0.25, 0.3) is 11.0 Å². The summed E-state index contributed by atoms with van der Waals surface area (Å²) in [6.45, 7) is 0. The number of aromatic nitrogens is 2. The minimum atomic E-state index is -0.0101. The predicted octanol–water partition coefficient (Wildman–Crippen LogP) is 3.59. The van der Waals surface area contributed by atoms with Crippen LogP contribution in [0.1, 0.15) is 17.2 Å². The van der Waals surface area contributed by atoms with Crippen molar-refractivity contribution in [2.45, 2.75) is 6.04 Å². The number of halogens is 1. The summed E-state index contributed by atoms with van der Waals surface area (Å²) in [5, 5.41) is 4.06. The molecule has 3 rings (SSSR count). The number of rotatable bonds is 3. The minimum Gasteiger partial charge on any atom is -0.309 e. The zero-order valence-corrected chi connectivity index (χ0v) is 11.8. The molecular weight excluding hydrogens is 270 g/mol. The van der Waals surface area contributed by atoms with Gasteiger partial charge in [0, 0.05) is 23.0 Å². The van der Waals surface area contributed by atoms with E-state index in [1.165, 1.54) is 0 Å². The van der Waals surface area contributed by atoms with E-state index < -0.39 is 0 Å². The first-order chi connectivity index (χ1) is 9.81. The maximum atomic E-state index is 6.32. The van der Waals surface area contributed by atoms with Crippen LogP contribution in [0, 0.1) is 0 Å². The molecule has 0 aliphatic heterocycles. The van der Waals surface area contributed by atoms with Crippen molar-refractivity contribution in [1.82, 2.24) is 15.3 Å². The highest BCUT2D eigenvalue weighted by atomic mass is 35.5. The molecule has 1 heterocycles. The van der Waals surface area contributed by atoms with E-state index in [4.69, 9.17) is 11.6 Å². The molecule has 2 aromatic carbocycles. The van der Waals surface area contributed by atoms with Gasteiger partial charge in [0.05, 0.1) is 17.1 Å². The standard InChI is InChI=1S/C16H14ClN3/c1-18-15(11-5-2-3-7-13(11)17)12-6-4-8-14-16(12)20-10-9-19-14/h2-10,15,18H,1H3. The molecule has 0 saturated heterocycles. The molecule has 0 bridgehead atoms. The fourth-order valence-corrected chi connectivity index (χ4v) is 2.68. The van der Waals surface area contributed by atoms with Gasteiger partial charge < -0.3 is 5.32 Å². The zero-order valence-electron chi connectivity index (χ0n) is 11.0. The highest BCUT2D eigenvalue weighted by Gasteiger charge is 2.17. The molecule has 3 aromatic rings. The number of nitrogens with one attached hydrogen (secondary N) is 1. The van der Waals surface area contributed by atoms with Crippen molar-refractivity contribution in [1.29, 1.82) is 0 Å². The van der Waals surface area contributed by atoms with E-state index in [2.05, 4.69) is 21.4 Å². The Morgan fingerprint density at radius 2 is 1.70 bits per heavy atom. The summed E-state index contributed by atoms with van der Waals surface area (Å²) >= 11 is 6.32. The highest BCUT2D eigenvalue weighted by Crippen LogP contribution is 2.30. The van der Waals surface area contributed by atoms with Crippen molar-refractivity contribution in [3.8, 4) is 0 Å². The van der Waals surface area contributed by atoms with Gasteiger partial charge in [0.15, 0.2) is 0 Å². The van der Waals surface area contributed by atoms with E-state index >= 15 is 0 Å². The molecule has 4 heteroatoms. The van der Waals surface area contributed by atoms with E-state index in [0.29, 0.717) is 0 Å². The zero-order chi connectivity index (χ0) is 13.9. The minimum absolute atomic E-state index is 0.0101. The summed E-state index contributed by atoms with van der Waals surface area (Å²) in [4.78, 5) is 8.81. The first kappa shape index (κ1) is 13.0. The number of benzene rings is 2. The Labute approximate surface area is 122 Å². The quantitative estimate of drug-likeness (QED) is 0.798. The molecule has 0 fully saturated rings. The van der Waals surface area contributed by atoms with Crippen LogP contribution < -0.4 is 5.32 Å². The Morgan fingerprint density at radius 1 is 0.950 bits per heavy atom. The number of para-hydroxylation sites is 1. The van der Waals surface area contributed by atoms with Gasteiger partial charge in [-0.1, -0.05) is 41.9 Å². The molecule has 20 heavy (non-hydrogen) atoms. The normalized spacial score (nSPS) is 12.5. The molecule has 100 valence electrons. The third-order valence-electron chi connectivity index (χ3n) is 3.35. The first-order valence-electron chi connectivity index (χ1n) is 6.42. The maximum absolute atomic E-state index is 6.32. The average molecular weight is 284 g/mol. The topological polar surface area (TPSA) is 37.8 Å². The van der Waals surface area contributed by atoms with E-state index in [1.54, 1.807) is 12.4 Å². The van der Waals surface area contributed by atoms with Crippen molar-refractivity contribution in [3.63, 3.8) is 0 Å². The number of hydrogen-bond donors (Lipinski definition) is 1. The molecule has 0 aliphatic carbocycles. The third-order valence-corrected chi connectivity index (χ3v) is 3.69. The van der Waals surface area contributed by atoms with Crippen molar-refractivity contribution < 1.29 is 0 Å². The van der Waals surface area contributed by atoms with Crippen LogP contribution in [0.2, 0.25) is 5.02 Å². The SMILES string of the molecule is CNC(c1ccccc1Cl)c1cccc2nccnc12. The Balaban J connectivity index is 2.20. The highest BCUT2D eigenvalue weighted by molar-refractivity contribution is 6.31. The van der Waals surface area contributed by atoms with E-state index in [0.717, 1.165) is 27.2 Å². The molecule has 0 radical (unpaired) electrons. The van der Waals surface area contributed by atoms with Crippen molar-refractivity contribution in [2.75, 3.05) is 7.05 Å². The summed E-state index contributed by atoms with van der Waals surface area (Å²) in [5.41, 5.74) is 3.90. The molecule has 0 amide bonds. The van der Waals surface area contributed by atoms with E-state index in [-0.39, 0.29) is 6.04 Å². The Kier molecular flexibility index (Phi) is 3.63. The van der Waals surface area contributed by atoms with Gasteiger partial charge in [-0.2, -0.15) is 0 Å². The van der Waals surface area contributed by atoms with Crippen molar-refractivity contribution in [2.24, 2.45) is 0 Å². The largest absolute Gasteiger partial charge is 0.309 e. The summed E-state index contributed by atoms with van der Waals surface area (Å²) in [7, 11) is 1.92. The lowest BCUT2D eigenvalue weighted by molar-refractivity contribution is 0.695. The van der Waals surface area contributed by atoms with Crippen LogP contribution in [0.3, 0.4) is 0 Å².